The molecule has 1 unspecified atom stereocenters. The number of nitrogens with one attached hydrogen (secondary N) is 3. The molecule has 2 aromatic carbocycles. The molecular formula is C21H23N3O2S. The first-order valence-electron chi connectivity index (χ1n) is 8.70. The molecular weight excluding hydrogens is 358 g/mol. The molecule has 0 saturated carbocycles. The number of hydrogen-bond acceptors (Lipinski definition) is 3. The zero-order valence-corrected chi connectivity index (χ0v) is 16.7. The number of amides is 1. The second kappa shape index (κ2) is 7.80. The third-order valence-electron chi connectivity index (χ3n) is 4.60. The van der Waals surface area contributed by atoms with Crippen LogP contribution in [-0.4, -0.2) is 18.1 Å². The van der Waals surface area contributed by atoms with Gasteiger partial charge in [0.05, 0.1) is 18.7 Å². The van der Waals surface area contributed by atoms with Gasteiger partial charge in [-0.3, -0.25) is 4.79 Å². The highest BCUT2D eigenvalue weighted by Gasteiger charge is 2.30. The van der Waals surface area contributed by atoms with Crippen LogP contribution in [0.25, 0.3) is 0 Å². The van der Waals surface area contributed by atoms with Crippen molar-refractivity contribution in [2.24, 2.45) is 0 Å². The number of ether oxygens (including phenoxy) is 1. The van der Waals surface area contributed by atoms with Gasteiger partial charge in [-0.25, -0.2) is 0 Å². The fraction of sp³-hybridized carbons (Fsp3) is 0.238. The number of methoxy groups -OCH3 is 1. The molecule has 0 aliphatic carbocycles. The molecule has 1 amide bonds. The standard InChI is InChI=1S/C21H23N3O2S/c1-12-5-6-13(2)17(11-12)23-20(25)18-14(3)22-21(27)24-19(18)15-7-9-16(26-4)10-8-15/h5-11,19H,1-4H3,(H,23,25)(H2,22,24,27). The molecule has 3 N–H and O–H groups in total. The van der Waals surface area contributed by atoms with Crippen molar-refractivity contribution in [2.75, 3.05) is 12.4 Å². The van der Waals surface area contributed by atoms with E-state index in [1.165, 1.54) is 0 Å². The number of benzene rings is 2. The number of hydrogen-bond donors (Lipinski definition) is 3. The Hall–Kier alpha value is -2.86. The molecule has 1 atom stereocenters. The molecule has 140 valence electrons. The van der Waals surface area contributed by atoms with Crippen molar-refractivity contribution in [3.8, 4) is 5.75 Å². The van der Waals surface area contributed by atoms with Crippen LogP contribution in [0.5, 0.6) is 5.75 Å². The molecule has 6 heteroatoms. The second-order valence-electron chi connectivity index (χ2n) is 6.62. The first-order valence-corrected chi connectivity index (χ1v) is 9.10. The number of thiocarbonyl (C=S) groups is 1. The molecule has 0 spiro atoms. The van der Waals surface area contributed by atoms with E-state index in [1.807, 2.05) is 63.2 Å². The highest BCUT2D eigenvalue weighted by molar-refractivity contribution is 7.80. The topological polar surface area (TPSA) is 62.4 Å². The maximum absolute atomic E-state index is 13.1. The average molecular weight is 382 g/mol. The summed E-state index contributed by atoms with van der Waals surface area (Å²) in [5.74, 6) is 0.599. The zero-order chi connectivity index (χ0) is 19.6. The van der Waals surface area contributed by atoms with Crippen LogP contribution >= 0.6 is 12.2 Å². The molecule has 0 radical (unpaired) electrons. The van der Waals surface area contributed by atoms with E-state index in [2.05, 4.69) is 16.0 Å². The molecule has 5 nitrogen and oxygen atoms in total. The highest BCUT2D eigenvalue weighted by atomic mass is 32.1. The number of carbonyl (C=O) groups excluding carboxylic acids is 1. The van der Waals surface area contributed by atoms with Gasteiger partial charge in [0.25, 0.3) is 5.91 Å². The molecule has 1 aliphatic heterocycles. The maximum atomic E-state index is 13.1. The third kappa shape index (κ3) is 4.11. The quantitative estimate of drug-likeness (QED) is 0.704. The molecule has 2 aromatic rings. The van der Waals surface area contributed by atoms with Crippen LogP contribution in [0.15, 0.2) is 53.7 Å². The maximum Gasteiger partial charge on any atom is 0.255 e. The molecule has 27 heavy (non-hydrogen) atoms. The molecule has 1 aliphatic rings. The lowest BCUT2D eigenvalue weighted by atomic mass is 9.94. The first kappa shape index (κ1) is 18.9. The minimum atomic E-state index is -0.338. The van der Waals surface area contributed by atoms with Gasteiger partial charge >= 0.3 is 0 Å². The van der Waals surface area contributed by atoms with Crippen molar-refractivity contribution in [3.63, 3.8) is 0 Å². The number of aryl methyl sites for hydroxylation is 2. The minimum Gasteiger partial charge on any atom is -0.497 e. The Morgan fingerprint density at radius 3 is 2.48 bits per heavy atom. The summed E-state index contributed by atoms with van der Waals surface area (Å²) in [5.41, 5.74) is 5.19. The molecule has 0 fully saturated rings. The fourth-order valence-electron chi connectivity index (χ4n) is 3.10. The second-order valence-corrected chi connectivity index (χ2v) is 7.02. The van der Waals surface area contributed by atoms with Crippen molar-refractivity contribution in [1.29, 1.82) is 0 Å². The van der Waals surface area contributed by atoms with Crippen LogP contribution in [0.3, 0.4) is 0 Å². The van der Waals surface area contributed by atoms with Crippen molar-refractivity contribution < 1.29 is 9.53 Å². The van der Waals surface area contributed by atoms with Crippen LogP contribution < -0.4 is 20.7 Å². The van der Waals surface area contributed by atoms with Gasteiger partial charge in [-0.15, -0.1) is 0 Å². The van der Waals surface area contributed by atoms with E-state index in [-0.39, 0.29) is 11.9 Å². The summed E-state index contributed by atoms with van der Waals surface area (Å²) in [5, 5.41) is 9.80. The van der Waals surface area contributed by atoms with E-state index >= 15 is 0 Å². The summed E-state index contributed by atoms with van der Waals surface area (Å²) >= 11 is 5.30. The van der Waals surface area contributed by atoms with E-state index in [0.29, 0.717) is 10.7 Å². The van der Waals surface area contributed by atoms with Gasteiger partial charge in [0, 0.05) is 11.4 Å². The summed E-state index contributed by atoms with van der Waals surface area (Å²) in [6.07, 6.45) is 0. The van der Waals surface area contributed by atoms with Gasteiger partial charge in [-0.1, -0.05) is 24.3 Å². The summed E-state index contributed by atoms with van der Waals surface area (Å²) in [6, 6.07) is 13.3. The summed E-state index contributed by atoms with van der Waals surface area (Å²) in [6.45, 7) is 5.84. The Bertz CT molecular complexity index is 920. The van der Waals surface area contributed by atoms with Crippen LogP contribution in [0, 0.1) is 13.8 Å². The third-order valence-corrected chi connectivity index (χ3v) is 4.82. The Kier molecular flexibility index (Phi) is 5.46. The van der Waals surface area contributed by atoms with Crippen LogP contribution in [0.1, 0.15) is 29.7 Å². The average Bonchev–Trinajstić information content (AvgIpc) is 2.64. The predicted molar refractivity (Wildman–Crippen MR) is 112 cm³/mol. The smallest absolute Gasteiger partial charge is 0.255 e. The number of carbonyl (C=O) groups is 1. The Balaban J connectivity index is 1.95. The van der Waals surface area contributed by atoms with Gasteiger partial charge < -0.3 is 20.7 Å². The van der Waals surface area contributed by atoms with Crippen molar-refractivity contribution in [3.05, 3.63) is 70.4 Å². The molecule has 0 saturated heterocycles. The van der Waals surface area contributed by atoms with Crippen molar-refractivity contribution >= 4 is 28.9 Å². The Morgan fingerprint density at radius 1 is 1.11 bits per heavy atom. The lowest BCUT2D eigenvalue weighted by Gasteiger charge is -2.30. The van der Waals surface area contributed by atoms with Crippen LogP contribution in [-0.2, 0) is 4.79 Å². The van der Waals surface area contributed by atoms with Crippen LogP contribution in [0.4, 0.5) is 5.69 Å². The normalized spacial score (nSPS) is 16.4. The highest BCUT2D eigenvalue weighted by Crippen LogP contribution is 2.29. The SMILES string of the molecule is COc1ccc(C2NC(=S)NC(C)=C2C(=O)Nc2cc(C)ccc2C)cc1. The summed E-state index contributed by atoms with van der Waals surface area (Å²) in [7, 11) is 1.63. The summed E-state index contributed by atoms with van der Waals surface area (Å²) < 4.78 is 5.23. The van der Waals surface area contributed by atoms with Crippen molar-refractivity contribution in [1.82, 2.24) is 10.6 Å². The summed E-state index contributed by atoms with van der Waals surface area (Å²) in [4.78, 5) is 13.1. The van der Waals surface area contributed by atoms with E-state index in [4.69, 9.17) is 17.0 Å². The van der Waals surface area contributed by atoms with E-state index in [1.54, 1.807) is 7.11 Å². The largest absolute Gasteiger partial charge is 0.497 e. The number of allylic oxidation sites excluding steroid dienone is 1. The fourth-order valence-corrected chi connectivity index (χ4v) is 3.37. The number of anilines is 1. The van der Waals surface area contributed by atoms with Gasteiger partial charge in [0.15, 0.2) is 5.11 Å². The van der Waals surface area contributed by atoms with E-state index in [9.17, 15) is 4.79 Å². The van der Waals surface area contributed by atoms with E-state index < -0.39 is 0 Å². The van der Waals surface area contributed by atoms with Gasteiger partial charge in [-0.2, -0.15) is 0 Å². The first-order chi connectivity index (χ1) is 12.9. The van der Waals surface area contributed by atoms with Crippen LogP contribution in [0.2, 0.25) is 0 Å². The Morgan fingerprint density at radius 2 is 1.81 bits per heavy atom. The molecule has 0 bridgehead atoms. The predicted octanol–water partition coefficient (Wildman–Crippen LogP) is 3.74. The lowest BCUT2D eigenvalue weighted by Crippen LogP contribution is -2.45. The minimum absolute atomic E-state index is 0.162. The monoisotopic (exact) mass is 381 g/mol. The lowest BCUT2D eigenvalue weighted by molar-refractivity contribution is -0.113. The van der Waals surface area contributed by atoms with E-state index in [0.717, 1.165) is 33.8 Å². The van der Waals surface area contributed by atoms with Gasteiger partial charge in [0.2, 0.25) is 0 Å². The van der Waals surface area contributed by atoms with Gasteiger partial charge in [0.1, 0.15) is 5.75 Å². The van der Waals surface area contributed by atoms with Gasteiger partial charge in [-0.05, 0) is 67.9 Å². The molecule has 1 heterocycles. The Labute approximate surface area is 164 Å². The number of rotatable bonds is 4. The van der Waals surface area contributed by atoms with Crippen molar-refractivity contribution in [2.45, 2.75) is 26.8 Å². The zero-order valence-electron chi connectivity index (χ0n) is 15.8. The molecule has 3 rings (SSSR count). The molecule has 0 aromatic heterocycles.